The van der Waals surface area contributed by atoms with Crippen molar-refractivity contribution in [2.45, 2.75) is 96.3 Å². The van der Waals surface area contributed by atoms with Crippen LogP contribution in [0.25, 0.3) is 33.5 Å². The molecule has 10 rings (SSSR count). The highest BCUT2D eigenvalue weighted by molar-refractivity contribution is 6.03. The summed E-state index contributed by atoms with van der Waals surface area (Å²) in [6.07, 6.45) is 13.7. The first-order valence-corrected chi connectivity index (χ1v) is 26.4. The monoisotopic (exact) mass is 1010 g/mol. The molecule has 3 fully saturated rings. The van der Waals surface area contributed by atoms with Crippen molar-refractivity contribution >= 4 is 34.2 Å². The first-order valence-electron chi connectivity index (χ1n) is 26.4. The van der Waals surface area contributed by atoms with Crippen LogP contribution in [0.1, 0.15) is 114 Å². The van der Waals surface area contributed by atoms with Crippen LogP contribution in [0, 0.1) is 17.8 Å². The van der Waals surface area contributed by atoms with Gasteiger partial charge in [0.1, 0.15) is 12.1 Å². The lowest BCUT2D eigenvalue weighted by atomic mass is 9.86. The van der Waals surface area contributed by atoms with Crippen LogP contribution in [0.2, 0.25) is 0 Å². The number of anilines is 2. The Morgan fingerprint density at radius 3 is 2.31 bits per heavy atom. The molecule has 3 aromatic carbocycles. The van der Waals surface area contributed by atoms with Crippen molar-refractivity contribution in [3.05, 3.63) is 132 Å². The van der Waals surface area contributed by atoms with E-state index in [1.54, 1.807) is 16.9 Å². The highest BCUT2D eigenvalue weighted by atomic mass is 19.3. The Kier molecular flexibility index (Phi) is 16.5. The average Bonchev–Trinajstić information content (AvgIpc) is 4.29. The summed E-state index contributed by atoms with van der Waals surface area (Å²) in [6.45, 7) is 6.91. The van der Waals surface area contributed by atoms with E-state index in [1.165, 1.54) is 65.7 Å². The van der Waals surface area contributed by atoms with E-state index in [2.05, 4.69) is 101 Å². The van der Waals surface area contributed by atoms with Gasteiger partial charge in [-0.25, -0.2) is 18.7 Å². The number of fused-ring (bicyclic) bond motifs is 1. The number of alkyl halides is 2. The van der Waals surface area contributed by atoms with Gasteiger partial charge in [0.15, 0.2) is 11.4 Å². The molecular weight excluding hydrogens is 941 g/mol. The standard InChI is InChI=1S/C57H67F2N11O4/c1-68(34-41-12-19-48(20-13-41)69-36-49(53(67-69)54(58)59)65-56(72)50-37-74-57(66-50)46-22-24-61-52(29-46)63-32-40-4-5-40)25-3-27-73-26-2-23-62-55(71)44-16-10-39(11-17-44)31-60-30-38-8-14-43(15-9-38)45-18-21-51-47(28-45)33-64-70(51)35-42-6-7-42/h8-11,14-18,21-22,24,28-29,33,36-37,40-42,48,54,60H,2-7,12-13,19-20,23,25-27,30-32,34-35H2,1H3,(H,61,63)(H,62,71)(H,65,72)/t41-,48-. The predicted octanol–water partition coefficient (Wildman–Crippen LogP) is 10.6. The first-order chi connectivity index (χ1) is 36.2. The summed E-state index contributed by atoms with van der Waals surface area (Å²) in [5.41, 5.74) is 6.69. The number of aromatic nitrogens is 6. The van der Waals surface area contributed by atoms with Gasteiger partial charge < -0.3 is 35.3 Å². The van der Waals surface area contributed by atoms with Gasteiger partial charge in [-0.1, -0.05) is 42.5 Å². The van der Waals surface area contributed by atoms with E-state index in [0.29, 0.717) is 55.1 Å². The second-order valence-electron chi connectivity index (χ2n) is 20.5. The molecule has 4 N–H and O–H groups in total. The molecule has 17 heteroatoms. The molecule has 0 radical (unpaired) electrons. The van der Waals surface area contributed by atoms with E-state index < -0.39 is 18.0 Å². The van der Waals surface area contributed by atoms with E-state index in [-0.39, 0.29) is 29.2 Å². The number of hydrogen-bond acceptors (Lipinski definition) is 11. The van der Waals surface area contributed by atoms with Crippen LogP contribution < -0.4 is 21.3 Å². The quantitative estimate of drug-likeness (QED) is 0.0381. The first kappa shape index (κ1) is 50.7. The van der Waals surface area contributed by atoms with Crippen LogP contribution in [0.3, 0.4) is 0 Å². The molecule has 388 valence electrons. The average molecular weight is 1010 g/mol. The van der Waals surface area contributed by atoms with Crippen LogP contribution in [0.4, 0.5) is 20.3 Å². The zero-order chi connectivity index (χ0) is 50.8. The molecule has 4 heterocycles. The minimum atomic E-state index is -2.86. The van der Waals surface area contributed by atoms with Gasteiger partial charge in [0.25, 0.3) is 18.2 Å². The van der Waals surface area contributed by atoms with Crippen molar-refractivity contribution in [3.8, 4) is 22.6 Å². The topological polar surface area (TPSA) is 169 Å². The maximum Gasteiger partial charge on any atom is 0.284 e. The summed E-state index contributed by atoms with van der Waals surface area (Å²) in [4.78, 5) is 37.0. The van der Waals surface area contributed by atoms with Gasteiger partial charge in [-0.05, 0) is 148 Å². The van der Waals surface area contributed by atoms with Gasteiger partial charge in [0.05, 0.1) is 23.4 Å². The third kappa shape index (κ3) is 13.7. The maximum absolute atomic E-state index is 14.2. The van der Waals surface area contributed by atoms with E-state index in [1.807, 2.05) is 36.5 Å². The van der Waals surface area contributed by atoms with Gasteiger partial charge in [-0.3, -0.25) is 19.0 Å². The van der Waals surface area contributed by atoms with Crippen molar-refractivity contribution in [3.63, 3.8) is 0 Å². The molecular formula is C57H67F2N11O4. The predicted molar refractivity (Wildman–Crippen MR) is 282 cm³/mol. The lowest BCUT2D eigenvalue weighted by Crippen LogP contribution is -2.30. The summed E-state index contributed by atoms with van der Waals surface area (Å²) in [7, 11) is 2.12. The second-order valence-corrected chi connectivity index (χ2v) is 20.5. The third-order valence-corrected chi connectivity index (χ3v) is 14.5. The number of carbonyl (C=O) groups is 2. The van der Waals surface area contributed by atoms with Crippen molar-refractivity contribution in [1.82, 2.24) is 45.1 Å². The zero-order valence-electron chi connectivity index (χ0n) is 42.2. The zero-order valence-corrected chi connectivity index (χ0v) is 42.2. The molecule has 0 aliphatic heterocycles. The second kappa shape index (κ2) is 24.0. The van der Waals surface area contributed by atoms with E-state index >= 15 is 0 Å². The van der Waals surface area contributed by atoms with Crippen molar-refractivity contribution in [1.29, 1.82) is 0 Å². The Morgan fingerprint density at radius 2 is 1.55 bits per heavy atom. The number of rotatable bonds is 26. The number of carbonyl (C=O) groups excluding carboxylic acids is 2. The Balaban J connectivity index is 0.569. The number of nitrogens with one attached hydrogen (secondary N) is 4. The van der Waals surface area contributed by atoms with Crippen LogP contribution in [0.5, 0.6) is 0 Å². The fraction of sp³-hybridized carbons (Fsp3) is 0.439. The van der Waals surface area contributed by atoms with Crippen molar-refractivity contribution in [2.24, 2.45) is 17.8 Å². The van der Waals surface area contributed by atoms with Crippen molar-refractivity contribution < 1.29 is 27.5 Å². The van der Waals surface area contributed by atoms with Gasteiger partial charge in [0.2, 0.25) is 5.89 Å². The van der Waals surface area contributed by atoms with E-state index in [0.717, 1.165) is 82.7 Å². The molecule has 4 aromatic heterocycles. The Labute approximate surface area is 430 Å². The number of nitrogens with zero attached hydrogens (tertiary/aromatic N) is 7. The molecule has 0 atom stereocenters. The molecule has 0 bridgehead atoms. The van der Waals surface area contributed by atoms with Crippen LogP contribution in [0.15, 0.2) is 108 Å². The summed E-state index contributed by atoms with van der Waals surface area (Å²) in [5.74, 6) is 2.13. The molecule has 3 aliphatic carbocycles. The fourth-order valence-corrected chi connectivity index (χ4v) is 9.82. The van der Waals surface area contributed by atoms with Crippen LogP contribution in [-0.2, 0) is 24.4 Å². The molecule has 15 nitrogen and oxygen atoms in total. The lowest BCUT2D eigenvalue weighted by molar-refractivity contribution is 0.0935. The number of benzene rings is 3. The minimum absolute atomic E-state index is 0.0238. The lowest BCUT2D eigenvalue weighted by Gasteiger charge is -2.31. The maximum atomic E-state index is 14.2. The largest absolute Gasteiger partial charge is 0.444 e. The van der Waals surface area contributed by atoms with Crippen LogP contribution in [-0.4, -0.2) is 92.7 Å². The number of hydrogen-bond donors (Lipinski definition) is 4. The number of amides is 2. The van der Waals surface area contributed by atoms with Crippen LogP contribution >= 0.6 is 0 Å². The SMILES string of the molecule is CN(CCCOCCCNC(=O)c1ccc(CNCc2ccc(-c3ccc4c(cnn4CC4CC4)c3)cc2)cc1)C[C@H]1CC[C@H](n2cc(NC(=O)c3coc(-c4ccnc(NCC5CC5)c4)n3)c(C(F)F)n2)CC1. The molecule has 0 unspecified atom stereocenters. The molecule has 0 spiro atoms. The summed E-state index contributed by atoms with van der Waals surface area (Å²) >= 11 is 0. The fourth-order valence-electron chi connectivity index (χ4n) is 9.82. The highest BCUT2D eigenvalue weighted by Gasteiger charge is 2.29. The van der Waals surface area contributed by atoms with E-state index in [4.69, 9.17) is 9.15 Å². The molecule has 2 amide bonds. The third-order valence-electron chi connectivity index (χ3n) is 14.5. The van der Waals surface area contributed by atoms with Gasteiger partial charge in [-0.2, -0.15) is 10.2 Å². The summed E-state index contributed by atoms with van der Waals surface area (Å²) in [5, 5.41) is 22.5. The molecule has 3 aliphatic rings. The van der Waals surface area contributed by atoms with Gasteiger partial charge >= 0.3 is 0 Å². The minimum Gasteiger partial charge on any atom is -0.444 e. The number of halogens is 2. The highest BCUT2D eigenvalue weighted by Crippen LogP contribution is 2.36. The Hall–Kier alpha value is -6.82. The summed E-state index contributed by atoms with van der Waals surface area (Å²) < 4.78 is 43.6. The molecule has 7 aromatic rings. The number of pyridine rings is 1. The molecule has 74 heavy (non-hydrogen) atoms. The Bertz CT molecular complexity index is 2960. The van der Waals surface area contributed by atoms with Gasteiger partial charge in [0, 0.05) is 87.9 Å². The van der Waals surface area contributed by atoms with E-state index in [9.17, 15) is 18.4 Å². The number of oxazole rings is 1. The Morgan fingerprint density at radius 1 is 0.824 bits per heavy atom. The normalized spacial score (nSPS) is 16.8. The molecule has 0 saturated heterocycles. The van der Waals surface area contributed by atoms with Gasteiger partial charge in [-0.15, -0.1) is 0 Å². The molecule has 3 saturated carbocycles. The summed E-state index contributed by atoms with van der Waals surface area (Å²) in [6, 6.07) is 26.6. The number of ether oxygens (including phenoxy) is 1. The van der Waals surface area contributed by atoms with Crippen molar-refractivity contribution in [2.75, 3.05) is 57.1 Å². The smallest absolute Gasteiger partial charge is 0.284 e.